The summed E-state index contributed by atoms with van der Waals surface area (Å²) in [5.74, 6) is -2.89. The van der Waals surface area contributed by atoms with Crippen LogP contribution in [0.15, 0.2) is 23.3 Å². The number of ether oxygens (including phenoxy) is 9. The minimum Gasteiger partial charge on any atom is -0.479 e. The van der Waals surface area contributed by atoms with Crippen LogP contribution >= 0.6 is 0 Å². The van der Waals surface area contributed by atoms with Crippen LogP contribution in [0.5, 0.6) is 0 Å². The Morgan fingerprint density at radius 3 is 1.81 bits per heavy atom. The summed E-state index contributed by atoms with van der Waals surface area (Å²) in [7, 11) is 0. The van der Waals surface area contributed by atoms with Gasteiger partial charge in [-0.15, -0.1) is 0 Å². The van der Waals surface area contributed by atoms with Gasteiger partial charge in [0, 0.05) is 5.57 Å². The van der Waals surface area contributed by atoms with Crippen molar-refractivity contribution >= 4 is 11.9 Å². The van der Waals surface area contributed by atoms with Gasteiger partial charge in [-0.3, -0.25) is 0 Å². The Labute approximate surface area is 494 Å². The van der Waals surface area contributed by atoms with Crippen molar-refractivity contribution in [2.24, 2.45) is 50.2 Å². The molecule has 5 aliphatic carbocycles. The molecule has 0 radical (unpaired) electrons. The van der Waals surface area contributed by atoms with Crippen LogP contribution in [0.3, 0.4) is 0 Å². The molecule has 0 spiro atoms. The highest BCUT2D eigenvalue weighted by Crippen LogP contribution is 2.76. The third-order valence-electron chi connectivity index (χ3n) is 22.7. The van der Waals surface area contributed by atoms with Crippen molar-refractivity contribution in [1.82, 2.24) is 0 Å². The number of rotatable bonds is 14. The van der Waals surface area contributed by atoms with E-state index >= 15 is 0 Å². The summed E-state index contributed by atoms with van der Waals surface area (Å²) >= 11 is 0. The predicted molar refractivity (Wildman–Crippen MR) is 289 cm³/mol. The summed E-state index contributed by atoms with van der Waals surface area (Å²) in [6.45, 7) is 17.1. The molecule has 0 bridgehead atoms. The molecular weight excluding hydrogens is 1120 g/mol. The predicted octanol–water partition coefficient (Wildman–Crippen LogP) is -2.01. The van der Waals surface area contributed by atoms with E-state index in [0.29, 0.717) is 44.1 Å². The van der Waals surface area contributed by atoms with E-state index in [2.05, 4.69) is 26.8 Å². The first-order valence-corrected chi connectivity index (χ1v) is 30.0. The molecule has 9 aliphatic rings. The molecule has 4 saturated heterocycles. The molecule has 15 N–H and O–H groups in total. The lowest BCUT2D eigenvalue weighted by Gasteiger charge is -2.72. The van der Waals surface area contributed by atoms with Gasteiger partial charge in [0.2, 0.25) is 0 Å². The fourth-order valence-corrected chi connectivity index (χ4v) is 17.2. The van der Waals surface area contributed by atoms with Crippen LogP contribution in [0.2, 0.25) is 0 Å². The molecule has 0 aromatic heterocycles. The number of aliphatic hydroxyl groups excluding tert-OH is 14. The lowest BCUT2D eigenvalue weighted by Crippen LogP contribution is -2.72. The van der Waals surface area contributed by atoms with Crippen molar-refractivity contribution in [1.29, 1.82) is 0 Å². The average molecular weight is 1220 g/mol. The summed E-state index contributed by atoms with van der Waals surface area (Å²) in [4.78, 5) is 26.4. The van der Waals surface area contributed by atoms with Crippen LogP contribution in [0.4, 0.5) is 0 Å². The van der Waals surface area contributed by atoms with Crippen LogP contribution in [-0.4, -0.2) is 256 Å². The molecule has 4 saturated carbocycles. The highest BCUT2D eigenvalue weighted by atomic mass is 16.8. The summed E-state index contributed by atoms with van der Waals surface area (Å²) in [5, 5.41) is 168. The fraction of sp³-hybridized carbons (Fsp3) is 0.898. The number of hydrogen-bond acceptors (Lipinski definition) is 25. The van der Waals surface area contributed by atoms with Crippen LogP contribution in [0, 0.1) is 50.2 Å². The van der Waals surface area contributed by atoms with E-state index < -0.39 is 211 Å². The molecule has 26 heteroatoms. The molecule has 0 amide bonds. The lowest BCUT2D eigenvalue weighted by molar-refractivity contribution is -0.402. The van der Waals surface area contributed by atoms with E-state index in [0.717, 1.165) is 5.57 Å². The van der Waals surface area contributed by atoms with Gasteiger partial charge in [-0.25, -0.2) is 9.59 Å². The number of carboxylic acid groups (broad SMARTS) is 1. The van der Waals surface area contributed by atoms with E-state index in [1.54, 1.807) is 19.9 Å². The number of carbonyl (C=O) groups excluding carboxylic acids is 1. The summed E-state index contributed by atoms with van der Waals surface area (Å²) < 4.78 is 54.5. The fourth-order valence-electron chi connectivity index (χ4n) is 17.2. The molecule has 0 aromatic rings. The van der Waals surface area contributed by atoms with Gasteiger partial charge >= 0.3 is 11.9 Å². The molecule has 26 nitrogen and oxygen atoms in total. The number of allylic oxidation sites excluding steroid dienone is 3. The Morgan fingerprint density at radius 2 is 1.20 bits per heavy atom. The van der Waals surface area contributed by atoms with Crippen LogP contribution in [-0.2, 0) is 52.2 Å². The zero-order valence-electron chi connectivity index (χ0n) is 50.0. The van der Waals surface area contributed by atoms with Crippen molar-refractivity contribution in [3.05, 3.63) is 23.3 Å². The minimum absolute atomic E-state index is 0.00350. The minimum atomic E-state index is -2.26. The summed E-state index contributed by atoms with van der Waals surface area (Å²) in [6.07, 6.45) is -35.0. The van der Waals surface area contributed by atoms with Gasteiger partial charge < -0.3 is 119 Å². The molecule has 31 unspecified atom stereocenters. The molecule has 9 rings (SSSR count). The first kappa shape index (κ1) is 66.9. The number of hydrogen-bond donors (Lipinski definition) is 15. The van der Waals surface area contributed by atoms with Crippen LogP contribution in [0.25, 0.3) is 0 Å². The molecule has 0 aromatic carbocycles. The average Bonchev–Trinajstić information content (AvgIpc) is 0.691. The van der Waals surface area contributed by atoms with Gasteiger partial charge in [-0.1, -0.05) is 66.2 Å². The Bertz CT molecular complexity index is 2460. The standard InChI is InChI=1S/C59H94O26/c1-11-23(2)49(76)77-22-59-26(18-54(4,5)46(72)47(59)73)25-12-13-30-56(8)16-15-32(55(6,7)29(56)14-17-57(30,9)58(25,10)19-31(59)62)81-53-45(85-51-39(69)37(67)34(64)27(20-60)79-51)43(40(70)44(84-53)48(74)75)83-52-41(71)42(35(65)28(21-61)80-52)82-50-38(68)36(66)33(63)24(3)78-50/h11-12,24,26-47,50-53,60-73H,13-22H2,1-10H3,(H,74,75). The smallest absolute Gasteiger partial charge is 0.335 e. The van der Waals surface area contributed by atoms with E-state index in [9.17, 15) is 86.2 Å². The number of carboxylic acids is 1. The quantitative estimate of drug-likeness (QED) is 0.0387. The third kappa shape index (κ3) is 10.9. The van der Waals surface area contributed by atoms with Crippen molar-refractivity contribution in [3.63, 3.8) is 0 Å². The molecular formula is C59H94O26. The number of fused-ring (bicyclic) bond motifs is 7. The second kappa shape index (κ2) is 24.3. The van der Waals surface area contributed by atoms with Gasteiger partial charge in [-0.05, 0) is 111 Å². The van der Waals surface area contributed by atoms with Gasteiger partial charge in [0.05, 0.1) is 49.1 Å². The highest BCUT2D eigenvalue weighted by molar-refractivity contribution is 5.87. The van der Waals surface area contributed by atoms with Crippen molar-refractivity contribution < 1.29 is 129 Å². The first-order chi connectivity index (χ1) is 39.6. The maximum atomic E-state index is 13.2. The maximum absolute atomic E-state index is 13.2. The second-order valence-electron chi connectivity index (χ2n) is 27.9. The zero-order valence-corrected chi connectivity index (χ0v) is 50.0. The van der Waals surface area contributed by atoms with Crippen molar-refractivity contribution in [2.45, 2.75) is 261 Å². The molecule has 486 valence electrons. The second-order valence-corrected chi connectivity index (χ2v) is 27.9. The molecule has 85 heavy (non-hydrogen) atoms. The normalized spacial score (nSPS) is 52.4. The Morgan fingerprint density at radius 1 is 0.624 bits per heavy atom. The van der Waals surface area contributed by atoms with Gasteiger partial charge in [0.15, 0.2) is 31.3 Å². The van der Waals surface area contributed by atoms with E-state index in [-0.39, 0.29) is 24.9 Å². The number of carbonyl (C=O) groups is 2. The highest BCUT2D eigenvalue weighted by Gasteiger charge is 2.73. The number of esters is 1. The van der Waals surface area contributed by atoms with E-state index in [4.69, 9.17) is 42.6 Å². The first-order valence-electron chi connectivity index (χ1n) is 30.0. The SMILES string of the molecule is CC=C(C)C(=O)OCC12C(O)CC3(C)C(=CCC4C5(C)CCC(OC6OC(C(=O)O)C(O)C(OC7OC(CO)C(O)C(OC8OC(C)C(O)C(O)C8O)C7O)C6OC6OC(CO)C(O)C(O)C6O)C(C)(C)C5CCC43C)C1CC(C)(C)C(O)C2O. The summed E-state index contributed by atoms with van der Waals surface area (Å²) in [5.41, 5.74) is -3.09. The van der Waals surface area contributed by atoms with Crippen molar-refractivity contribution in [2.75, 3.05) is 19.8 Å². The number of aliphatic hydroxyl groups is 14. The lowest BCUT2D eigenvalue weighted by atomic mass is 9.33. The number of aliphatic carboxylic acids is 1. The van der Waals surface area contributed by atoms with Gasteiger partial charge in [0.1, 0.15) is 92.1 Å². The topological polar surface area (TPSA) is 421 Å². The van der Waals surface area contributed by atoms with Gasteiger partial charge in [-0.2, -0.15) is 0 Å². The van der Waals surface area contributed by atoms with Crippen molar-refractivity contribution in [3.8, 4) is 0 Å². The van der Waals surface area contributed by atoms with Crippen LogP contribution < -0.4 is 0 Å². The maximum Gasteiger partial charge on any atom is 0.335 e. The van der Waals surface area contributed by atoms with Crippen LogP contribution in [0.1, 0.15) is 114 Å². The van der Waals surface area contributed by atoms with E-state index in [1.807, 2.05) is 27.7 Å². The molecule has 31 atom stereocenters. The Hall–Kier alpha value is -2.46. The third-order valence-corrected chi connectivity index (χ3v) is 22.7. The summed E-state index contributed by atoms with van der Waals surface area (Å²) in [6, 6.07) is 0. The van der Waals surface area contributed by atoms with E-state index in [1.165, 1.54) is 6.92 Å². The molecule has 8 fully saturated rings. The Balaban J connectivity index is 1.03. The molecule has 4 heterocycles. The zero-order chi connectivity index (χ0) is 62.7. The molecule has 4 aliphatic heterocycles. The van der Waals surface area contributed by atoms with Gasteiger partial charge in [0.25, 0.3) is 0 Å². The largest absolute Gasteiger partial charge is 0.479 e. The monoisotopic (exact) mass is 1220 g/mol. The Kier molecular flexibility index (Phi) is 19.1.